The van der Waals surface area contributed by atoms with E-state index in [4.69, 9.17) is 0 Å². The third-order valence-corrected chi connectivity index (χ3v) is 5.25. The average Bonchev–Trinajstić information content (AvgIpc) is 2.98. The van der Waals surface area contributed by atoms with E-state index in [2.05, 4.69) is 46.4 Å². The van der Waals surface area contributed by atoms with Crippen molar-refractivity contribution in [3.8, 4) is 0 Å². The molecule has 2 aliphatic rings. The van der Waals surface area contributed by atoms with Gasteiger partial charge in [-0.2, -0.15) is 0 Å². The van der Waals surface area contributed by atoms with Gasteiger partial charge < -0.3 is 5.32 Å². The minimum Gasteiger partial charge on any atom is -0.307 e. The third kappa shape index (κ3) is 2.50. The standard InChI is InChI=1S/C16H22BrN/c1-11(12-4-2-3-5-12)18-16-9-6-13-10-14(17)7-8-15(13)16/h7-8,10-12,16,18H,2-6,9H2,1H3. The molecule has 3 rings (SSSR count). The zero-order valence-corrected chi connectivity index (χ0v) is 12.7. The van der Waals surface area contributed by atoms with E-state index < -0.39 is 0 Å². The Balaban J connectivity index is 1.68. The summed E-state index contributed by atoms with van der Waals surface area (Å²) in [5.41, 5.74) is 3.06. The SMILES string of the molecule is CC(NC1CCc2cc(Br)ccc21)C1CCCC1. The van der Waals surface area contributed by atoms with Crippen LogP contribution in [0.2, 0.25) is 0 Å². The molecule has 98 valence electrons. The Labute approximate surface area is 118 Å². The monoisotopic (exact) mass is 307 g/mol. The Morgan fingerprint density at radius 3 is 2.78 bits per heavy atom. The molecular weight excluding hydrogens is 286 g/mol. The zero-order valence-electron chi connectivity index (χ0n) is 11.1. The molecule has 1 saturated carbocycles. The number of nitrogens with one attached hydrogen (secondary N) is 1. The molecule has 0 saturated heterocycles. The van der Waals surface area contributed by atoms with E-state index >= 15 is 0 Å². The predicted molar refractivity (Wildman–Crippen MR) is 79.8 cm³/mol. The summed E-state index contributed by atoms with van der Waals surface area (Å²) >= 11 is 3.57. The lowest BCUT2D eigenvalue weighted by Gasteiger charge is -2.25. The van der Waals surface area contributed by atoms with Gasteiger partial charge in [-0.3, -0.25) is 0 Å². The fourth-order valence-corrected chi connectivity index (χ4v) is 4.08. The first kappa shape index (κ1) is 12.7. The van der Waals surface area contributed by atoms with Gasteiger partial charge in [-0.1, -0.05) is 34.8 Å². The van der Waals surface area contributed by atoms with Gasteiger partial charge in [-0.25, -0.2) is 0 Å². The highest BCUT2D eigenvalue weighted by atomic mass is 79.9. The van der Waals surface area contributed by atoms with Crippen LogP contribution in [0.25, 0.3) is 0 Å². The first-order chi connectivity index (χ1) is 8.74. The van der Waals surface area contributed by atoms with Crippen molar-refractivity contribution in [2.75, 3.05) is 0 Å². The summed E-state index contributed by atoms with van der Waals surface area (Å²) in [6.07, 6.45) is 8.21. The summed E-state index contributed by atoms with van der Waals surface area (Å²) in [5.74, 6) is 0.907. The molecule has 0 aliphatic heterocycles. The van der Waals surface area contributed by atoms with Crippen LogP contribution < -0.4 is 5.32 Å². The van der Waals surface area contributed by atoms with E-state index in [9.17, 15) is 0 Å². The Morgan fingerprint density at radius 1 is 1.22 bits per heavy atom. The van der Waals surface area contributed by atoms with Crippen molar-refractivity contribution < 1.29 is 0 Å². The first-order valence-corrected chi connectivity index (χ1v) is 8.08. The fourth-order valence-electron chi connectivity index (χ4n) is 3.67. The molecule has 18 heavy (non-hydrogen) atoms. The number of benzene rings is 1. The molecule has 2 unspecified atom stereocenters. The summed E-state index contributed by atoms with van der Waals surface area (Å²) in [6, 6.07) is 8.03. The van der Waals surface area contributed by atoms with E-state index in [1.807, 2.05) is 0 Å². The minimum absolute atomic E-state index is 0.587. The summed E-state index contributed by atoms with van der Waals surface area (Å²) in [4.78, 5) is 0. The van der Waals surface area contributed by atoms with Crippen LogP contribution in [0.15, 0.2) is 22.7 Å². The second-order valence-electron chi connectivity index (χ2n) is 5.93. The number of fused-ring (bicyclic) bond motifs is 1. The van der Waals surface area contributed by atoms with Crippen molar-refractivity contribution in [1.29, 1.82) is 0 Å². The maximum Gasteiger partial charge on any atom is 0.0328 e. The van der Waals surface area contributed by atoms with E-state index in [0.717, 1.165) is 5.92 Å². The van der Waals surface area contributed by atoms with Gasteiger partial charge in [0.05, 0.1) is 0 Å². The number of aryl methyl sites for hydroxylation is 1. The van der Waals surface area contributed by atoms with Crippen LogP contribution in [-0.2, 0) is 6.42 Å². The third-order valence-electron chi connectivity index (χ3n) is 4.75. The van der Waals surface area contributed by atoms with Crippen LogP contribution in [0.1, 0.15) is 56.2 Å². The van der Waals surface area contributed by atoms with E-state index in [1.54, 1.807) is 0 Å². The molecule has 0 aromatic heterocycles. The molecule has 2 aliphatic carbocycles. The highest BCUT2D eigenvalue weighted by Gasteiger charge is 2.27. The van der Waals surface area contributed by atoms with Crippen molar-refractivity contribution in [3.05, 3.63) is 33.8 Å². The molecule has 1 N–H and O–H groups in total. The fraction of sp³-hybridized carbons (Fsp3) is 0.625. The number of halogens is 1. The van der Waals surface area contributed by atoms with Crippen LogP contribution in [0, 0.1) is 5.92 Å². The Morgan fingerprint density at radius 2 is 2.00 bits per heavy atom. The maximum absolute atomic E-state index is 3.88. The molecule has 0 heterocycles. The minimum atomic E-state index is 0.587. The largest absolute Gasteiger partial charge is 0.307 e. The van der Waals surface area contributed by atoms with E-state index in [1.165, 1.54) is 54.1 Å². The predicted octanol–water partition coefficient (Wildman–Crippen LogP) is 4.60. The quantitative estimate of drug-likeness (QED) is 0.860. The van der Waals surface area contributed by atoms with Crippen LogP contribution >= 0.6 is 15.9 Å². The molecule has 0 spiro atoms. The molecule has 1 nitrogen and oxygen atoms in total. The van der Waals surface area contributed by atoms with Gasteiger partial charge in [0.1, 0.15) is 0 Å². The molecule has 0 amide bonds. The molecule has 1 aromatic carbocycles. The lowest BCUT2D eigenvalue weighted by molar-refractivity contribution is 0.342. The summed E-state index contributed by atoms with van der Waals surface area (Å²) in [6.45, 7) is 2.38. The Hall–Kier alpha value is -0.340. The molecule has 1 fully saturated rings. The van der Waals surface area contributed by atoms with Crippen LogP contribution in [0.5, 0.6) is 0 Å². The van der Waals surface area contributed by atoms with Gasteiger partial charge in [0, 0.05) is 16.6 Å². The topological polar surface area (TPSA) is 12.0 Å². The van der Waals surface area contributed by atoms with Gasteiger partial charge in [-0.05, 0) is 61.8 Å². The average molecular weight is 308 g/mol. The van der Waals surface area contributed by atoms with Crippen molar-refractivity contribution in [2.24, 2.45) is 5.92 Å². The lowest BCUT2D eigenvalue weighted by Crippen LogP contribution is -2.34. The van der Waals surface area contributed by atoms with E-state index in [-0.39, 0.29) is 0 Å². The van der Waals surface area contributed by atoms with Crippen molar-refractivity contribution in [1.82, 2.24) is 5.32 Å². The van der Waals surface area contributed by atoms with Crippen LogP contribution in [0.3, 0.4) is 0 Å². The molecule has 0 radical (unpaired) electrons. The Kier molecular flexibility index (Phi) is 3.76. The molecule has 0 bridgehead atoms. The molecule has 2 heteroatoms. The zero-order chi connectivity index (χ0) is 12.5. The van der Waals surface area contributed by atoms with Crippen molar-refractivity contribution in [3.63, 3.8) is 0 Å². The molecular formula is C16H22BrN. The summed E-state index contributed by atoms with van der Waals surface area (Å²) in [7, 11) is 0. The highest BCUT2D eigenvalue weighted by molar-refractivity contribution is 9.10. The smallest absolute Gasteiger partial charge is 0.0328 e. The highest BCUT2D eigenvalue weighted by Crippen LogP contribution is 2.35. The summed E-state index contributed by atoms with van der Waals surface area (Å²) in [5, 5.41) is 3.88. The lowest BCUT2D eigenvalue weighted by atomic mass is 9.98. The first-order valence-electron chi connectivity index (χ1n) is 7.28. The Bertz CT molecular complexity index is 423. The second-order valence-corrected chi connectivity index (χ2v) is 6.85. The second kappa shape index (κ2) is 5.34. The molecule has 1 aromatic rings. The summed E-state index contributed by atoms with van der Waals surface area (Å²) < 4.78 is 1.21. The maximum atomic E-state index is 3.88. The number of rotatable bonds is 3. The van der Waals surface area contributed by atoms with Crippen molar-refractivity contribution in [2.45, 2.75) is 57.5 Å². The van der Waals surface area contributed by atoms with Crippen molar-refractivity contribution >= 4 is 15.9 Å². The molecule has 2 atom stereocenters. The van der Waals surface area contributed by atoms with Crippen LogP contribution in [0.4, 0.5) is 0 Å². The van der Waals surface area contributed by atoms with Crippen LogP contribution in [-0.4, -0.2) is 6.04 Å². The normalized spacial score (nSPS) is 25.3. The van der Waals surface area contributed by atoms with Gasteiger partial charge >= 0.3 is 0 Å². The van der Waals surface area contributed by atoms with Gasteiger partial charge in [-0.15, -0.1) is 0 Å². The van der Waals surface area contributed by atoms with Gasteiger partial charge in [0.25, 0.3) is 0 Å². The number of hydrogen-bond donors (Lipinski definition) is 1. The number of hydrogen-bond acceptors (Lipinski definition) is 1. The van der Waals surface area contributed by atoms with Gasteiger partial charge in [0.15, 0.2) is 0 Å². The van der Waals surface area contributed by atoms with Gasteiger partial charge in [0.2, 0.25) is 0 Å². The van der Waals surface area contributed by atoms with E-state index in [0.29, 0.717) is 12.1 Å².